The topological polar surface area (TPSA) is 129 Å². The summed E-state index contributed by atoms with van der Waals surface area (Å²) in [6.07, 6.45) is 3.89. The predicted molar refractivity (Wildman–Crippen MR) is 100 cm³/mol. The van der Waals surface area contributed by atoms with Gasteiger partial charge < -0.3 is 4.74 Å². The summed E-state index contributed by atoms with van der Waals surface area (Å²) in [5.41, 5.74) is 0.480. The first-order valence-corrected chi connectivity index (χ1v) is 9.48. The van der Waals surface area contributed by atoms with Gasteiger partial charge in [-0.05, 0) is 30.3 Å². The molecule has 0 saturated heterocycles. The fraction of sp³-hybridized carbons (Fsp3) is 0. The first kappa shape index (κ1) is 19.1. The van der Waals surface area contributed by atoms with Gasteiger partial charge in [-0.25, -0.2) is 18.4 Å². The van der Waals surface area contributed by atoms with Gasteiger partial charge in [-0.15, -0.1) is 0 Å². The van der Waals surface area contributed by atoms with Gasteiger partial charge in [0, 0.05) is 6.07 Å². The molecule has 28 heavy (non-hydrogen) atoms. The number of benzene rings is 2. The van der Waals surface area contributed by atoms with Crippen molar-refractivity contribution in [3.63, 3.8) is 0 Å². The quantitative estimate of drug-likeness (QED) is 0.680. The molecule has 0 aliphatic heterocycles. The first-order chi connectivity index (χ1) is 13.4. The van der Waals surface area contributed by atoms with Crippen LogP contribution in [0.3, 0.4) is 0 Å². The number of nitrogens with zero attached hydrogens (tertiary/aromatic N) is 4. The van der Waals surface area contributed by atoms with E-state index in [1.807, 2.05) is 12.1 Å². The van der Waals surface area contributed by atoms with Crippen molar-refractivity contribution < 1.29 is 13.2 Å². The Morgan fingerprint density at radius 3 is 2.36 bits per heavy atom. The summed E-state index contributed by atoms with van der Waals surface area (Å²) in [6.45, 7) is 0. The molecular formula is C18H10ClN5O3S. The van der Waals surface area contributed by atoms with Crippen molar-refractivity contribution in [1.29, 1.82) is 10.5 Å². The van der Waals surface area contributed by atoms with E-state index >= 15 is 0 Å². The molecular weight excluding hydrogens is 402 g/mol. The largest absolute Gasteiger partial charge is 0.456 e. The minimum absolute atomic E-state index is 0.00710. The average Bonchev–Trinajstić information content (AvgIpc) is 2.69. The number of hydrogen-bond donors (Lipinski definition) is 1. The van der Waals surface area contributed by atoms with Gasteiger partial charge in [0.1, 0.15) is 30.0 Å². The van der Waals surface area contributed by atoms with Crippen LogP contribution >= 0.6 is 11.6 Å². The van der Waals surface area contributed by atoms with Gasteiger partial charge >= 0.3 is 0 Å². The fourth-order valence-electron chi connectivity index (χ4n) is 2.20. The number of nitriles is 2. The summed E-state index contributed by atoms with van der Waals surface area (Å²) in [5, 5.41) is 18.5. The van der Waals surface area contributed by atoms with Crippen LogP contribution < -0.4 is 9.46 Å². The maximum atomic E-state index is 12.5. The molecule has 1 aromatic heterocycles. The number of halogens is 1. The highest BCUT2D eigenvalue weighted by Crippen LogP contribution is 2.30. The second-order valence-electron chi connectivity index (χ2n) is 5.36. The molecule has 3 rings (SSSR count). The van der Waals surface area contributed by atoms with Crippen LogP contribution in [0.4, 0.5) is 5.69 Å². The lowest BCUT2D eigenvalue weighted by atomic mass is 10.2. The molecule has 8 nitrogen and oxygen atoms in total. The molecule has 3 aromatic rings. The van der Waals surface area contributed by atoms with E-state index in [-0.39, 0.29) is 32.5 Å². The number of aromatic nitrogens is 2. The smallest absolute Gasteiger partial charge is 0.262 e. The zero-order chi connectivity index (χ0) is 20.1. The van der Waals surface area contributed by atoms with Gasteiger partial charge in [0.2, 0.25) is 0 Å². The molecule has 138 valence electrons. The minimum Gasteiger partial charge on any atom is -0.456 e. The molecule has 0 amide bonds. The molecule has 0 radical (unpaired) electrons. The summed E-state index contributed by atoms with van der Waals surface area (Å²) in [6, 6.07) is 12.1. The van der Waals surface area contributed by atoms with Crippen molar-refractivity contribution in [3.8, 4) is 23.6 Å². The van der Waals surface area contributed by atoms with E-state index in [2.05, 4.69) is 14.7 Å². The number of sulfonamides is 1. The molecule has 10 heteroatoms. The highest BCUT2D eigenvalue weighted by molar-refractivity contribution is 7.92. The van der Waals surface area contributed by atoms with E-state index in [0.717, 1.165) is 0 Å². The van der Waals surface area contributed by atoms with Crippen molar-refractivity contribution in [2.24, 2.45) is 0 Å². The molecule has 0 fully saturated rings. The van der Waals surface area contributed by atoms with Crippen LogP contribution in [-0.2, 0) is 10.0 Å². The van der Waals surface area contributed by atoms with E-state index in [4.69, 9.17) is 21.6 Å². The summed E-state index contributed by atoms with van der Waals surface area (Å²) < 4.78 is 32.9. The van der Waals surface area contributed by atoms with Crippen LogP contribution in [0.1, 0.15) is 11.1 Å². The average molecular weight is 412 g/mol. The third kappa shape index (κ3) is 4.18. The molecule has 1 heterocycles. The van der Waals surface area contributed by atoms with E-state index in [1.54, 1.807) is 0 Å². The van der Waals surface area contributed by atoms with Crippen LogP contribution in [0.25, 0.3) is 0 Å². The zero-order valence-electron chi connectivity index (χ0n) is 14.0. The normalized spacial score (nSPS) is 10.5. The molecule has 0 aliphatic rings. The monoisotopic (exact) mass is 411 g/mol. The number of ether oxygens (including phenoxy) is 1. The number of nitrogens with one attached hydrogen (secondary N) is 1. The number of hydrogen-bond acceptors (Lipinski definition) is 7. The Kier molecular flexibility index (Phi) is 5.41. The minimum atomic E-state index is -3.95. The standard InChI is InChI=1S/C18H10ClN5O3S/c19-17-6-15(2-1-12(17)7-20)27-18-4-3-16(5-13(18)8-21)28(25,26)24-14-9-22-11-23-10-14/h1-6,9-11,24H. The zero-order valence-corrected chi connectivity index (χ0v) is 15.6. The van der Waals surface area contributed by atoms with Gasteiger partial charge in [-0.2, -0.15) is 10.5 Å². The molecule has 0 spiro atoms. The first-order valence-electron chi connectivity index (χ1n) is 7.62. The Bertz CT molecular complexity index is 1220. The Labute approximate surface area is 165 Å². The van der Waals surface area contributed by atoms with Crippen molar-refractivity contribution in [3.05, 3.63) is 71.3 Å². The lowest BCUT2D eigenvalue weighted by molar-refractivity contribution is 0.480. The van der Waals surface area contributed by atoms with E-state index in [0.29, 0.717) is 5.75 Å². The van der Waals surface area contributed by atoms with Crippen LogP contribution in [0.2, 0.25) is 5.02 Å². The third-order valence-corrected chi connectivity index (χ3v) is 5.18. The van der Waals surface area contributed by atoms with Crippen molar-refractivity contribution in [1.82, 2.24) is 9.97 Å². The van der Waals surface area contributed by atoms with E-state index in [1.165, 1.54) is 55.1 Å². The van der Waals surface area contributed by atoms with Gasteiger partial charge in [0.25, 0.3) is 10.0 Å². The molecule has 0 atom stereocenters. The number of anilines is 1. The Balaban J connectivity index is 1.89. The summed E-state index contributed by atoms with van der Waals surface area (Å²) in [7, 11) is -3.95. The number of rotatable bonds is 5. The molecule has 0 bridgehead atoms. The lowest BCUT2D eigenvalue weighted by Gasteiger charge is -2.11. The van der Waals surface area contributed by atoms with E-state index in [9.17, 15) is 13.7 Å². The Morgan fingerprint density at radius 1 is 1.00 bits per heavy atom. The van der Waals surface area contributed by atoms with E-state index < -0.39 is 10.0 Å². The highest BCUT2D eigenvalue weighted by Gasteiger charge is 2.18. The molecule has 0 saturated carbocycles. The fourth-order valence-corrected chi connectivity index (χ4v) is 3.46. The molecule has 0 aliphatic carbocycles. The van der Waals surface area contributed by atoms with Gasteiger partial charge in [-0.1, -0.05) is 11.6 Å². The third-order valence-electron chi connectivity index (χ3n) is 3.48. The molecule has 1 N–H and O–H groups in total. The summed E-state index contributed by atoms with van der Waals surface area (Å²) in [5.74, 6) is 0.445. The highest BCUT2D eigenvalue weighted by atomic mass is 35.5. The van der Waals surface area contributed by atoms with Gasteiger partial charge in [0.15, 0.2) is 0 Å². The maximum absolute atomic E-state index is 12.5. The van der Waals surface area contributed by atoms with Crippen LogP contribution in [-0.4, -0.2) is 18.4 Å². The van der Waals surface area contributed by atoms with Gasteiger partial charge in [-0.3, -0.25) is 4.72 Å². The lowest BCUT2D eigenvalue weighted by Crippen LogP contribution is -2.13. The van der Waals surface area contributed by atoms with Crippen LogP contribution in [0.15, 0.2) is 60.0 Å². The predicted octanol–water partition coefficient (Wildman–Crippen LogP) is 3.47. The van der Waals surface area contributed by atoms with Crippen molar-refractivity contribution in [2.75, 3.05) is 4.72 Å². The van der Waals surface area contributed by atoms with Crippen molar-refractivity contribution >= 4 is 27.3 Å². The molecule has 0 unspecified atom stereocenters. The maximum Gasteiger partial charge on any atom is 0.262 e. The SMILES string of the molecule is N#Cc1ccc(Oc2ccc(S(=O)(=O)Nc3cncnc3)cc2C#N)cc1Cl. The van der Waals surface area contributed by atoms with Gasteiger partial charge in [0.05, 0.1) is 39.1 Å². The second kappa shape index (κ2) is 7.92. The summed E-state index contributed by atoms with van der Waals surface area (Å²) in [4.78, 5) is 7.34. The summed E-state index contributed by atoms with van der Waals surface area (Å²) >= 11 is 5.97. The van der Waals surface area contributed by atoms with Crippen LogP contribution in [0.5, 0.6) is 11.5 Å². The Morgan fingerprint density at radius 2 is 1.71 bits per heavy atom. The van der Waals surface area contributed by atoms with Crippen molar-refractivity contribution in [2.45, 2.75) is 4.90 Å². The molecule has 2 aromatic carbocycles. The second-order valence-corrected chi connectivity index (χ2v) is 7.45. The Hall–Kier alpha value is -3.66. The van der Waals surface area contributed by atoms with Crippen LogP contribution in [0, 0.1) is 22.7 Å².